The first-order valence-electron chi connectivity index (χ1n) is 9.52. The number of methoxy groups -OCH3 is 1. The summed E-state index contributed by atoms with van der Waals surface area (Å²) >= 11 is 7.34. The maximum Gasteiger partial charge on any atom is 0.341 e. The fraction of sp³-hybridized carbons (Fsp3) is 0.217. The highest BCUT2D eigenvalue weighted by Crippen LogP contribution is 2.38. The molecule has 1 aromatic heterocycles. The fourth-order valence-corrected chi connectivity index (χ4v) is 4.52. The van der Waals surface area contributed by atoms with Crippen LogP contribution in [0.5, 0.6) is 0 Å². The average molecular weight is 443 g/mol. The number of benzene rings is 2. The Morgan fingerprint density at radius 3 is 2.53 bits per heavy atom. The van der Waals surface area contributed by atoms with E-state index in [0.717, 1.165) is 5.56 Å². The summed E-state index contributed by atoms with van der Waals surface area (Å²) in [6, 6.07) is 14.6. The monoisotopic (exact) mass is 442 g/mol. The van der Waals surface area contributed by atoms with Crippen LogP contribution in [0.15, 0.2) is 48.5 Å². The number of aryl methyl sites for hydroxylation is 1. The van der Waals surface area contributed by atoms with E-state index in [1.807, 2.05) is 31.2 Å². The molecule has 3 rings (SSSR count). The van der Waals surface area contributed by atoms with Crippen LogP contribution in [-0.2, 0) is 11.2 Å². The number of hydrogen-bond acceptors (Lipinski definition) is 6. The molecule has 30 heavy (non-hydrogen) atoms. The molecule has 3 N–H and O–H groups in total. The summed E-state index contributed by atoms with van der Waals surface area (Å²) in [7, 11) is 1.33. The van der Waals surface area contributed by atoms with Gasteiger partial charge in [-0.2, -0.15) is 0 Å². The Hall–Kier alpha value is -2.67. The van der Waals surface area contributed by atoms with Crippen LogP contribution in [0.1, 0.15) is 43.1 Å². The van der Waals surface area contributed by atoms with Crippen molar-refractivity contribution in [1.29, 1.82) is 0 Å². The molecule has 0 aliphatic heterocycles. The van der Waals surface area contributed by atoms with Gasteiger partial charge in [0.05, 0.1) is 17.6 Å². The van der Waals surface area contributed by atoms with Gasteiger partial charge in [-0.25, -0.2) is 4.79 Å². The largest absolute Gasteiger partial charge is 0.465 e. The number of esters is 1. The Morgan fingerprint density at radius 1 is 1.17 bits per heavy atom. The quantitative estimate of drug-likeness (QED) is 0.362. The van der Waals surface area contributed by atoms with Crippen LogP contribution in [0.3, 0.4) is 0 Å². The van der Waals surface area contributed by atoms with E-state index in [0.29, 0.717) is 56.7 Å². The molecule has 0 amide bonds. The van der Waals surface area contributed by atoms with Gasteiger partial charge < -0.3 is 15.8 Å². The van der Waals surface area contributed by atoms with Crippen LogP contribution in [0.2, 0.25) is 5.02 Å². The molecule has 7 heteroatoms. The standard InChI is InChI=1S/C23H23ClN2O3S/c1-14-8-10-15(11-9-14)20(27)21-18(7-4-12-25)19(23(28)29-2)22(30-21)26-17-6-3-5-16(24)13-17/h3,5-6,8-11,13,26H,4,7,12,25H2,1-2H3. The van der Waals surface area contributed by atoms with E-state index in [4.69, 9.17) is 22.1 Å². The highest BCUT2D eigenvalue weighted by molar-refractivity contribution is 7.18. The molecule has 0 unspecified atom stereocenters. The molecule has 0 fully saturated rings. The molecule has 0 radical (unpaired) electrons. The van der Waals surface area contributed by atoms with Crippen molar-refractivity contribution >= 4 is 45.4 Å². The summed E-state index contributed by atoms with van der Waals surface area (Å²) in [5.41, 5.74) is 9.09. The number of carbonyl (C=O) groups is 2. The number of ether oxygens (including phenoxy) is 1. The maximum absolute atomic E-state index is 13.3. The second kappa shape index (κ2) is 9.89. The first-order chi connectivity index (χ1) is 14.4. The molecule has 0 saturated carbocycles. The summed E-state index contributed by atoms with van der Waals surface area (Å²) in [4.78, 5) is 26.5. The van der Waals surface area contributed by atoms with E-state index >= 15 is 0 Å². The molecule has 5 nitrogen and oxygen atoms in total. The second-order valence-corrected chi connectivity index (χ2v) is 8.29. The normalized spacial score (nSPS) is 10.7. The van der Waals surface area contributed by atoms with Gasteiger partial charge in [-0.15, -0.1) is 11.3 Å². The van der Waals surface area contributed by atoms with Crippen LogP contribution in [-0.4, -0.2) is 25.4 Å². The van der Waals surface area contributed by atoms with Crippen LogP contribution in [0.25, 0.3) is 0 Å². The number of anilines is 2. The third kappa shape index (κ3) is 4.90. The predicted octanol–water partition coefficient (Wildman–Crippen LogP) is 5.36. The molecule has 0 spiro atoms. The number of rotatable bonds is 8. The lowest BCUT2D eigenvalue weighted by atomic mass is 9.99. The van der Waals surface area contributed by atoms with E-state index in [1.54, 1.807) is 24.3 Å². The van der Waals surface area contributed by atoms with Crippen molar-refractivity contribution in [1.82, 2.24) is 0 Å². The lowest BCUT2D eigenvalue weighted by Crippen LogP contribution is -2.11. The Bertz CT molecular complexity index is 1060. The summed E-state index contributed by atoms with van der Waals surface area (Å²) in [6.45, 7) is 2.42. The van der Waals surface area contributed by atoms with Crippen LogP contribution in [0.4, 0.5) is 10.7 Å². The molecule has 3 aromatic rings. The van der Waals surface area contributed by atoms with E-state index in [9.17, 15) is 9.59 Å². The van der Waals surface area contributed by atoms with Crippen LogP contribution < -0.4 is 11.1 Å². The minimum Gasteiger partial charge on any atom is -0.465 e. The third-order valence-electron chi connectivity index (χ3n) is 4.63. The molecular formula is C23H23ClN2O3S. The van der Waals surface area contributed by atoms with Crippen LogP contribution in [0, 0.1) is 6.92 Å². The minimum absolute atomic E-state index is 0.128. The summed E-state index contributed by atoms with van der Waals surface area (Å²) in [6.07, 6.45) is 1.15. The zero-order chi connectivity index (χ0) is 21.7. The zero-order valence-electron chi connectivity index (χ0n) is 16.8. The van der Waals surface area contributed by atoms with Crippen molar-refractivity contribution in [2.75, 3.05) is 19.0 Å². The molecule has 156 valence electrons. The number of nitrogens with one attached hydrogen (secondary N) is 1. The predicted molar refractivity (Wildman–Crippen MR) is 122 cm³/mol. The van der Waals surface area contributed by atoms with E-state index in [-0.39, 0.29) is 5.78 Å². The van der Waals surface area contributed by atoms with Gasteiger partial charge in [0.15, 0.2) is 0 Å². The summed E-state index contributed by atoms with van der Waals surface area (Å²) < 4.78 is 5.03. The molecule has 0 saturated heterocycles. The number of nitrogens with two attached hydrogens (primary N) is 1. The lowest BCUT2D eigenvalue weighted by molar-refractivity contribution is 0.0601. The average Bonchev–Trinajstić information content (AvgIpc) is 3.09. The second-order valence-electron chi connectivity index (χ2n) is 6.83. The Kier molecular flexibility index (Phi) is 7.26. The first kappa shape index (κ1) is 22.0. The number of carbonyl (C=O) groups excluding carboxylic acids is 2. The first-order valence-corrected chi connectivity index (χ1v) is 10.7. The van der Waals surface area contributed by atoms with Gasteiger partial charge in [0, 0.05) is 16.3 Å². The van der Waals surface area contributed by atoms with Gasteiger partial charge in [-0.05, 0) is 50.1 Å². The van der Waals surface area contributed by atoms with Gasteiger partial charge >= 0.3 is 5.97 Å². The smallest absolute Gasteiger partial charge is 0.341 e. The van der Waals surface area contributed by atoms with E-state index in [2.05, 4.69) is 5.32 Å². The number of halogens is 1. The Balaban J connectivity index is 2.12. The van der Waals surface area contributed by atoms with Gasteiger partial charge in [0.25, 0.3) is 0 Å². The lowest BCUT2D eigenvalue weighted by Gasteiger charge is -2.09. The highest BCUT2D eigenvalue weighted by atomic mass is 35.5. The zero-order valence-corrected chi connectivity index (χ0v) is 18.4. The summed E-state index contributed by atoms with van der Waals surface area (Å²) in [5.74, 6) is -0.623. The van der Waals surface area contributed by atoms with E-state index < -0.39 is 5.97 Å². The fourth-order valence-electron chi connectivity index (χ4n) is 3.11. The van der Waals surface area contributed by atoms with Gasteiger partial charge in [0.2, 0.25) is 5.78 Å². The van der Waals surface area contributed by atoms with Crippen molar-refractivity contribution in [2.45, 2.75) is 19.8 Å². The minimum atomic E-state index is -0.495. The summed E-state index contributed by atoms with van der Waals surface area (Å²) in [5, 5.41) is 4.34. The van der Waals surface area contributed by atoms with E-state index in [1.165, 1.54) is 18.4 Å². The molecule has 2 aromatic carbocycles. The highest BCUT2D eigenvalue weighted by Gasteiger charge is 2.28. The Morgan fingerprint density at radius 2 is 1.90 bits per heavy atom. The molecule has 0 bridgehead atoms. The molecule has 0 aliphatic rings. The Labute approximate surface area is 184 Å². The van der Waals surface area contributed by atoms with Gasteiger partial charge in [0.1, 0.15) is 5.00 Å². The molecule has 1 heterocycles. The molecular weight excluding hydrogens is 420 g/mol. The maximum atomic E-state index is 13.3. The number of ketones is 1. The van der Waals surface area contributed by atoms with Gasteiger partial charge in [-0.3, -0.25) is 4.79 Å². The third-order valence-corrected chi connectivity index (χ3v) is 6.01. The van der Waals surface area contributed by atoms with Crippen LogP contribution >= 0.6 is 22.9 Å². The topological polar surface area (TPSA) is 81.4 Å². The van der Waals surface area contributed by atoms with Crippen molar-refractivity contribution in [3.63, 3.8) is 0 Å². The molecule has 0 atom stereocenters. The number of thiophene rings is 1. The van der Waals surface area contributed by atoms with Gasteiger partial charge in [-0.1, -0.05) is 47.5 Å². The SMILES string of the molecule is COC(=O)c1c(Nc2cccc(Cl)c2)sc(C(=O)c2ccc(C)cc2)c1CCCN. The van der Waals surface area contributed by atoms with Crippen molar-refractivity contribution < 1.29 is 14.3 Å². The molecule has 0 aliphatic carbocycles. The number of hydrogen-bond donors (Lipinski definition) is 2. The van der Waals surface area contributed by atoms with Crippen molar-refractivity contribution in [3.05, 3.63) is 80.7 Å². The van der Waals surface area contributed by atoms with Crippen molar-refractivity contribution in [3.8, 4) is 0 Å². The van der Waals surface area contributed by atoms with Crippen molar-refractivity contribution in [2.24, 2.45) is 5.73 Å².